The van der Waals surface area contributed by atoms with Gasteiger partial charge in [-0.25, -0.2) is 9.59 Å². The number of carbonyl (C=O) groups is 2. The number of thiophene rings is 1. The van der Waals surface area contributed by atoms with Crippen molar-refractivity contribution in [2.24, 2.45) is 0 Å². The van der Waals surface area contributed by atoms with Gasteiger partial charge in [-0.2, -0.15) is 0 Å². The molecule has 2 aromatic rings. The molecular formula is C13H9ClO6S. The van der Waals surface area contributed by atoms with Crippen molar-refractivity contribution < 1.29 is 29.6 Å². The normalized spacial score (nSPS) is 10.3. The highest BCUT2D eigenvalue weighted by Crippen LogP contribution is 2.45. The molecule has 8 heteroatoms. The summed E-state index contributed by atoms with van der Waals surface area (Å²) in [5.74, 6) is -2.70. The van der Waals surface area contributed by atoms with E-state index in [1.165, 1.54) is 12.1 Å². The summed E-state index contributed by atoms with van der Waals surface area (Å²) < 4.78 is 4.96. The molecule has 0 spiro atoms. The maximum Gasteiger partial charge on any atom is 0.349 e. The number of phenolic OH excluding ortho intramolecular Hbond substituents is 1. The highest BCUT2D eigenvalue weighted by atomic mass is 35.5. The zero-order valence-corrected chi connectivity index (χ0v) is 11.9. The van der Waals surface area contributed by atoms with E-state index in [4.69, 9.17) is 26.6 Å². The number of aliphatic carboxylic acids is 1. The molecule has 0 aliphatic rings. The Kier molecular flexibility index (Phi) is 4.35. The summed E-state index contributed by atoms with van der Waals surface area (Å²) in [4.78, 5) is 21.9. The van der Waals surface area contributed by atoms with Gasteiger partial charge in [0, 0.05) is 0 Å². The number of hydrogen-bond acceptors (Lipinski definition) is 5. The third-order valence-corrected chi connectivity index (χ3v) is 4.13. The molecule has 1 aromatic carbocycles. The number of halogens is 1. The first-order valence-corrected chi connectivity index (χ1v) is 6.79. The molecule has 0 saturated heterocycles. The van der Waals surface area contributed by atoms with Crippen LogP contribution in [0.5, 0.6) is 11.5 Å². The van der Waals surface area contributed by atoms with Crippen LogP contribution in [0.2, 0.25) is 5.02 Å². The Balaban J connectivity index is 2.51. The van der Waals surface area contributed by atoms with Crippen LogP contribution in [0.1, 0.15) is 9.67 Å². The van der Waals surface area contributed by atoms with Crippen LogP contribution >= 0.6 is 22.9 Å². The molecule has 6 nitrogen and oxygen atoms in total. The number of rotatable bonds is 5. The molecule has 0 unspecified atom stereocenters. The van der Waals surface area contributed by atoms with Gasteiger partial charge in [0.05, 0.1) is 4.88 Å². The maximum absolute atomic E-state index is 11.2. The number of ether oxygens (including phenoxy) is 1. The highest BCUT2D eigenvalue weighted by Gasteiger charge is 2.24. The molecular weight excluding hydrogens is 320 g/mol. The van der Waals surface area contributed by atoms with Gasteiger partial charge in [-0.1, -0.05) is 23.7 Å². The Hall–Kier alpha value is -2.25. The van der Waals surface area contributed by atoms with Crippen molar-refractivity contribution in [3.8, 4) is 21.9 Å². The van der Waals surface area contributed by atoms with Crippen LogP contribution in [0, 0.1) is 0 Å². The van der Waals surface area contributed by atoms with Gasteiger partial charge in [-0.3, -0.25) is 0 Å². The van der Waals surface area contributed by atoms with E-state index in [9.17, 15) is 14.7 Å². The second-order valence-corrected chi connectivity index (χ2v) is 5.34. The molecule has 21 heavy (non-hydrogen) atoms. The van der Waals surface area contributed by atoms with Gasteiger partial charge >= 0.3 is 11.9 Å². The van der Waals surface area contributed by atoms with Gasteiger partial charge in [0.2, 0.25) is 0 Å². The third-order valence-electron chi connectivity index (χ3n) is 2.45. The smallest absolute Gasteiger partial charge is 0.349 e. The average Bonchev–Trinajstić information content (AvgIpc) is 2.73. The van der Waals surface area contributed by atoms with E-state index in [2.05, 4.69) is 0 Å². The number of hydrogen-bond donors (Lipinski definition) is 3. The van der Waals surface area contributed by atoms with E-state index in [1.54, 1.807) is 12.1 Å². The first kappa shape index (κ1) is 15.1. The van der Waals surface area contributed by atoms with Crippen LogP contribution in [0.4, 0.5) is 0 Å². The molecule has 1 aromatic heterocycles. The molecule has 0 amide bonds. The van der Waals surface area contributed by atoms with Crippen molar-refractivity contribution >= 4 is 34.9 Å². The fourth-order valence-corrected chi connectivity index (χ4v) is 3.03. The van der Waals surface area contributed by atoms with Gasteiger partial charge in [0.25, 0.3) is 0 Å². The number of aromatic carboxylic acids is 1. The number of phenols is 1. The summed E-state index contributed by atoms with van der Waals surface area (Å²) >= 11 is 6.94. The second kappa shape index (κ2) is 6.02. The minimum absolute atomic E-state index is 0.00171. The molecule has 2 rings (SSSR count). The summed E-state index contributed by atoms with van der Waals surface area (Å²) in [5.41, 5.74) is 0.512. The molecule has 1 heterocycles. The molecule has 0 aliphatic heterocycles. The Bertz CT molecular complexity index is 709. The van der Waals surface area contributed by atoms with Crippen LogP contribution in [0.3, 0.4) is 0 Å². The Labute approximate surface area is 127 Å². The first-order chi connectivity index (χ1) is 9.90. The summed E-state index contributed by atoms with van der Waals surface area (Å²) in [6, 6.07) is 6.11. The number of benzene rings is 1. The fourth-order valence-electron chi connectivity index (χ4n) is 1.63. The van der Waals surface area contributed by atoms with Crippen molar-refractivity contribution in [1.82, 2.24) is 0 Å². The Morgan fingerprint density at radius 1 is 1.29 bits per heavy atom. The van der Waals surface area contributed by atoms with E-state index in [1.807, 2.05) is 0 Å². The minimum atomic E-state index is -1.27. The molecule has 0 radical (unpaired) electrons. The molecule has 0 atom stereocenters. The summed E-state index contributed by atoms with van der Waals surface area (Å²) in [6.45, 7) is -0.698. The van der Waals surface area contributed by atoms with Crippen LogP contribution in [0.15, 0.2) is 24.3 Å². The fraction of sp³-hybridized carbons (Fsp3) is 0.0769. The monoisotopic (exact) mass is 328 g/mol. The van der Waals surface area contributed by atoms with E-state index in [0.717, 1.165) is 11.3 Å². The standard InChI is InChI=1S/C13H9ClO6S/c14-9-10(20-5-8(16)17)12(13(18)19)21-11(9)6-2-1-3-7(15)4-6/h1-4,15H,5H2,(H,16,17)(H,18,19). The number of aromatic hydroxyl groups is 1. The van der Waals surface area contributed by atoms with Crippen molar-refractivity contribution in [1.29, 1.82) is 0 Å². The summed E-state index contributed by atoms with van der Waals surface area (Å²) in [7, 11) is 0. The second-order valence-electron chi connectivity index (χ2n) is 3.94. The predicted octanol–water partition coefficient (Wildman–Crippen LogP) is 2.94. The largest absolute Gasteiger partial charge is 0.508 e. The summed E-state index contributed by atoms with van der Waals surface area (Å²) in [6.07, 6.45) is 0. The molecule has 0 fully saturated rings. The van der Waals surface area contributed by atoms with Crippen LogP contribution in [0.25, 0.3) is 10.4 Å². The van der Waals surface area contributed by atoms with E-state index < -0.39 is 18.5 Å². The predicted molar refractivity (Wildman–Crippen MR) is 76.5 cm³/mol. The Morgan fingerprint density at radius 3 is 2.57 bits per heavy atom. The number of carboxylic acids is 2. The maximum atomic E-state index is 11.2. The third kappa shape index (κ3) is 3.26. The lowest BCUT2D eigenvalue weighted by Gasteiger charge is -2.03. The van der Waals surface area contributed by atoms with Crippen LogP contribution < -0.4 is 4.74 Å². The van der Waals surface area contributed by atoms with Gasteiger partial charge in [-0.15, -0.1) is 11.3 Å². The average molecular weight is 329 g/mol. The lowest BCUT2D eigenvalue weighted by Crippen LogP contribution is -2.10. The van der Waals surface area contributed by atoms with Crippen LogP contribution in [-0.2, 0) is 4.79 Å². The van der Waals surface area contributed by atoms with Crippen molar-refractivity contribution in [2.75, 3.05) is 6.61 Å². The van der Waals surface area contributed by atoms with E-state index in [0.29, 0.717) is 10.4 Å². The molecule has 0 saturated carbocycles. The van der Waals surface area contributed by atoms with Gasteiger partial charge in [-0.05, 0) is 17.7 Å². The molecule has 0 aliphatic carbocycles. The zero-order chi connectivity index (χ0) is 15.6. The Morgan fingerprint density at radius 2 is 2.00 bits per heavy atom. The zero-order valence-electron chi connectivity index (χ0n) is 10.4. The summed E-state index contributed by atoms with van der Waals surface area (Å²) in [5, 5.41) is 27.2. The van der Waals surface area contributed by atoms with E-state index >= 15 is 0 Å². The van der Waals surface area contributed by atoms with Crippen molar-refractivity contribution in [3.63, 3.8) is 0 Å². The van der Waals surface area contributed by atoms with Crippen molar-refractivity contribution in [3.05, 3.63) is 34.2 Å². The topological polar surface area (TPSA) is 104 Å². The van der Waals surface area contributed by atoms with Crippen LogP contribution in [-0.4, -0.2) is 33.9 Å². The molecule has 3 N–H and O–H groups in total. The molecule has 110 valence electrons. The van der Waals surface area contributed by atoms with Gasteiger partial charge in [0.15, 0.2) is 17.2 Å². The lowest BCUT2D eigenvalue weighted by molar-refractivity contribution is -0.139. The van der Waals surface area contributed by atoms with Gasteiger partial charge < -0.3 is 20.1 Å². The highest BCUT2D eigenvalue weighted by molar-refractivity contribution is 7.18. The molecule has 0 bridgehead atoms. The quantitative estimate of drug-likeness (QED) is 0.779. The lowest BCUT2D eigenvalue weighted by atomic mass is 10.2. The first-order valence-electron chi connectivity index (χ1n) is 5.59. The number of carboxylic acid groups (broad SMARTS) is 2. The minimum Gasteiger partial charge on any atom is -0.508 e. The van der Waals surface area contributed by atoms with E-state index in [-0.39, 0.29) is 21.4 Å². The van der Waals surface area contributed by atoms with Crippen molar-refractivity contribution in [2.45, 2.75) is 0 Å². The van der Waals surface area contributed by atoms with Gasteiger partial charge in [0.1, 0.15) is 10.8 Å². The SMILES string of the molecule is O=C(O)COc1c(C(=O)O)sc(-c2cccc(O)c2)c1Cl.